The Hall–Kier alpha value is -2.08. The largest absolute Gasteiger partial charge is 0.416 e. The predicted molar refractivity (Wildman–Crippen MR) is 81.2 cm³/mol. The molecule has 0 unspecified atom stereocenters. The van der Waals surface area contributed by atoms with Gasteiger partial charge in [0.25, 0.3) is 5.91 Å². The van der Waals surface area contributed by atoms with E-state index >= 15 is 0 Å². The summed E-state index contributed by atoms with van der Waals surface area (Å²) in [6, 6.07) is 6.52. The standard InChI is InChI=1S/C16H14ClF3N2O/c1-10-4-3-7-22(11(10)2)9-15(23)21-14-8-12(16(18,19)20)5-6-13(14)17/h3-8H,9H2,1-2H3/p+1. The van der Waals surface area contributed by atoms with Gasteiger partial charge < -0.3 is 5.32 Å². The van der Waals surface area contributed by atoms with Gasteiger partial charge >= 0.3 is 6.18 Å². The number of nitrogens with zero attached hydrogens (tertiary/aromatic N) is 1. The van der Waals surface area contributed by atoms with Crippen LogP contribution in [-0.4, -0.2) is 5.91 Å². The molecule has 2 rings (SSSR count). The van der Waals surface area contributed by atoms with Crippen molar-refractivity contribution in [2.45, 2.75) is 26.6 Å². The number of carbonyl (C=O) groups is 1. The first-order valence-corrected chi connectivity index (χ1v) is 7.18. The van der Waals surface area contributed by atoms with Crippen LogP contribution in [0.2, 0.25) is 5.02 Å². The Morgan fingerprint density at radius 1 is 1.26 bits per heavy atom. The smallest absolute Gasteiger partial charge is 0.319 e. The van der Waals surface area contributed by atoms with Gasteiger partial charge in [-0.25, -0.2) is 0 Å². The molecule has 0 saturated carbocycles. The molecule has 0 fully saturated rings. The summed E-state index contributed by atoms with van der Waals surface area (Å²) < 4.78 is 39.9. The lowest BCUT2D eigenvalue weighted by Gasteiger charge is -2.11. The van der Waals surface area contributed by atoms with Crippen LogP contribution in [0.1, 0.15) is 16.8 Å². The second-order valence-electron chi connectivity index (χ2n) is 5.15. The van der Waals surface area contributed by atoms with Gasteiger partial charge in [-0.2, -0.15) is 17.7 Å². The zero-order valence-corrected chi connectivity index (χ0v) is 13.3. The van der Waals surface area contributed by atoms with Gasteiger partial charge in [-0.15, -0.1) is 0 Å². The van der Waals surface area contributed by atoms with Gasteiger partial charge in [0.15, 0.2) is 11.9 Å². The lowest BCUT2D eigenvalue weighted by atomic mass is 10.2. The quantitative estimate of drug-likeness (QED) is 0.842. The first-order valence-electron chi connectivity index (χ1n) is 6.81. The summed E-state index contributed by atoms with van der Waals surface area (Å²) in [6.45, 7) is 3.76. The monoisotopic (exact) mass is 343 g/mol. The highest BCUT2D eigenvalue weighted by Gasteiger charge is 2.31. The van der Waals surface area contributed by atoms with Crippen LogP contribution < -0.4 is 9.88 Å². The normalized spacial score (nSPS) is 11.4. The number of benzene rings is 1. The van der Waals surface area contributed by atoms with Crippen LogP contribution in [0.3, 0.4) is 0 Å². The number of alkyl halides is 3. The molecular weight excluding hydrogens is 329 g/mol. The highest BCUT2D eigenvalue weighted by molar-refractivity contribution is 6.33. The molecule has 0 radical (unpaired) electrons. The molecular formula is C16H15ClF3N2O+. The molecule has 23 heavy (non-hydrogen) atoms. The Labute approximate surface area is 136 Å². The fourth-order valence-corrected chi connectivity index (χ4v) is 2.23. The SMILES string of the molecule is Cc1ccc[n+](CC(=O)Nc2cc(C(F)(F)F)ccc2Cl)c1C. The summed E-state index contributed by atoms with van der Waals surface area (Å²) in [6.07, 6.45) is -2.76. The third kappa shape index (κ3) is 4.22. The van der Waals surface area contributed by atoms with Crippen molar-refractivity contribution in [3.63, 3.8) is 0 Å². The molecule has 122 valence electrons. The Bertz CT molecular complexity index is 745. The zero-order chi connectivity index (χ0) is 17.2. The minimum absolute atomic E-state index is 0.0138. The Morgan fingerprint density at radius 2 is 1.96 bits per heavy atom. The predicted octanol–water partition coefficient (Wildman–Crippen LogP) is 3.90. The van der Waals surface area contributed by atoms with E-state index in [1.165, 1.54) is 0 Å². The summed E-state index contributed by atoms with van der Waals surface area (Å²) >= 11 is 5.86. The van der Waals surface area contributed by atoms with E-state index in [1.54, 1.807) is 16.8 Å². The minimum atomic E-state index is -4.49. The van der Waals surface area contributed by atoms with Gasteiger partial charge in [0.2, 0.25) is 6.54 Å². The van der Waals surface area contributed by atoms with Gasteiger partial charge in [0, 0.05) is 18.6 Å². The molecule has 0 aliphatic rings. The van der Waals surface area contributed by atoms with E-state index < -0.39 is 17.6 Å². The number of halogens is 4. The second kappa shape index (κ2) is 6.58. The van der Waals surface area contributed by atoms with E-state index in [-0.39, 0.29) is 17.3 Å². The summed E-state index contributed by atoms with van der Waals surface area (Å²) in [7, 11) is 0. The highest BCUT2D eigenvalue weighted by Crippen LogP contribution is 2.33. The number of aryl methyl sites for hydroxylation is 1. The Morgan fingerprint density at radius 3 is 2.61 bits per heavy atom. The van der Waals surface area contributed by atoms with Crippen molar-refractivity contribution in [3.8, 4) is 0 Å². The lowest BCUT2D eigenvalue weighted by Crippen LogP contribution is -2.43. The van der Waals surface area contributed by atoms with Gasteiger partial charge in [-0.1, -0.05) is 11.6 Å². The molecule has 0 aliphatic heterocycles. The number of nitrogens with one attached hydrogen (secondary N) is 1. The van der Waals surface area contributed by atoms with Gasteiger partial charge in [-0.05, 0) is 31.2 Å². The van der Waals surface area contributed by atoms with E-state index in [2.05, 4.69) is 5.32 Å². The number of rotatable bonds is 3. The number of aromatic nitrogens is 1. The van der Waals surface area contributed by atoms with E-state index in [4.69, 9.17) is 11.6 Å². The first-order chi connectivity index (χ1) is 10.7. The number of hydrogen-bond acceptors (Lipinski definition) is 1. The highest BCUT2D eigenvalue weighted by atomic mass is 35.5. The van der Waals surface area contributed by atoms with E-state index in [9.17, 15) is 18.0 Å². The summed E-state index contributed by atoms with van der Waals surface area (Å²) in [5, 5.41) is 2.48. The zero-order valence-electron chi connectivity index (χ0n) is 12.5. The van der Waals surface area contributed by atoms with Crippen molar-refractivity contribution < 1.29 is 22.5 Å². The molecule has 0 saturated heterocycles. The van der Waals surface area contributed by atoms with Crippen molar-refractivity contribution in [1.29, 1.82) is 0 Å². The molecule has 1 N–H and O–H groups in total. The third-order valence-electron chi connectivity index (χ3n) is 3.50. The molecule has 1 aromatic carbocycles. The molecule has 0 bridgehead atoms. The van der Waals surface area contributed by atoms with E-state index in [0.717, 1.165) is 29.5 Å². The van der Waals surface area contributed by atoms with E-state index in [0.29, 0.717) is 0 Å². The molecule has 0 aliphatic carbocycles. The number of amides is 1. The van der Waals surface area contributed by atoms with Crippen molar-refractivity contribution in [2.75, 3.05) is 5.32 Å². The van der Waals surface area contributed by atoms with Crippen molar-refractivity contribution >= 4 is 23.2 Å². The van der Waals surface area contributed by atoms with Crippen molar-refractivity contribution in [1.82, 2.24) is 0 Å². The summed E-state index contributed by atoms with van der Waals surface area (Å²) in [4.78, 5) is 12.1. The minimum Gasteiger partial charge on any atom is -0.319 e. The van der Waals surface area contributed by atoms with Crippen LogP contribution in [0.15, 0.2) is 36.5 Å². The molecule has 1 aromatic heterocycles. The molecule has 7 heteroatoms. The maximum Gasteiger partial charge on any atom is 0.416 e. The van der Waals surface area contributed by atoms with Gasteiger partial charge in [0.05, 0.1) is 16.3 Å². The molecule has 1 amide bonds. The van der Waals surface area contributed by atoms with Crippen molar-refractivity contribution in [3.05, 3.63) is 58.4 Å². The number of pyridine rings is 1. The maximum atomic E-state index is 12.7. The van der Waals surface area contributed by atoms with Crippen LogP contribution in [-0.2, 0) is 17.5 Å². The number of carbonyl (C=O) groups excluding carboxylic acids is 1. The van der Waals surface area contributed by atoms with Crippen LogP contribution in [0.25, 0.3) is 0 Å². The fourth-order valence-electron chi connectivity index (χ4n) is 2.06. The Balaban J connectivity index is 2.19. The summed E-state index contributed by atoms with van der Waals surface area (Å²) in [5.74, 6) is -0.454. The first kappa shape index (κ1) is 17.3. The second-order valence-corrected chi connectivity index (χ2v) is 5.55. The van der Waals surface area contributed by atoms with Crippen LogP contribution in [0, 0.1) is 13.8 Å². The van der Waals surface area contributed by atoms with Crippen LogP contribution >= 0.6 is 11.6 Å². The van der Waals surface area contributed by atoms with Gasteiger partial charge in [-0.3, -0.25) is 4.79 Å². The topological polar surface area (TPSA) is 33.0 Å². The fraction of sp³-hybridized carbons (Fsp3) is 0.250. The molecule has 3 nitrogen and oxygen atoms in total. The number of anilines is 1. The third-order valence-corrected chi connectivity index (χ3v) is 3.83. The van der Waals surface area contributed by atoms with Gasteiger partial charge in [0.1, 0.15) is 0 Å². The molecule has 1 heterocycles. The number of hydrogen-bond donors (Lipinski definition) is 1. The Kier molecular flexibility index (Phi) is 4.94. The summed E-state index contributed by atoms with van der Waals surface area (Å²) in [5.41, 5.74) is 0.990. The molecule has 2 aromatic rings. The molecule has 0 atom stereocenters. The van der Waals surface area contributed by atoms with E-state index in [1.807, 2.05) is 19.9 Å². The van der Waals surface area contributed by atoms with Crippen LogP contribution in [0.5, 0.6) is 0 Å². The molecule has 0 spiro atoms. The lowest BCUT2D eigenvalue weighted by molar-refractivity contribution is -0.690. The average molecular weight is 344 g/mol. The average Bonchev–Trinajstić information content (AvgIpc) is 2.45. The van der Waals surface area contributed by atoms with Crippen molar-refractivity contribution in [2.24, 2.45) is 0 Å². The maximum absolute atomic E-state index is 12.7. The van der Waals surface area contributed by atoms with Crippen LogP contribution in [0.4, 0.5) is 18.9 Å².